The number of aliphatic hydroxyl groups is 1. The molecule has 0 aromatic rings. The molecule has 0 radical (unpaired) electrons. The van der Waals surface area contributed by atoms with Crippen molar-refractivity contribution in [2.75, 3.05) is 13.2 Å². The molecule has 3 amide bonds. The average Bonchev–Trinajstić information content (AvgIpc) is 2.55. The number of carbonyl (C=O) groups is 4. The van der Waals surface area contributed by atoms with E-state index < -0.39 is 55.0 Å². The maximum atomic E-state index is 12.1. The number of amides is 3. The quantitative estimate of drug-likeness (QED) is 0.238. The normalized spacial score (nSPS) is 14.4. The maximum absolute atomic E-state index is 12.1. The molecular weight excluding hydrogens is 356 g/mol. The zero-order valence-electron chi connectivity index (χ0n) is 16.3. The lowest BCUT2D eigenvalue weighted by Crippen LogP contribution is -2.55. The Hall–Kier alpha value is -2.20. The number of carboxylic acid groups (broad SMARTS) is 1. The lowest BCUT2D eigenvalue weighted by Gasteiger charge is -2.21. The Morgan fingerprint density at radius 1 is 0.889 bits per heavy atom. The standard InChI is InChI=1S/C17H32N4O6/c1-9(2)5-11(18)15(24)19-7-14(23)20-13(8-22)16(25)21-12(17(26)27)6-10(3)4/h9-13,22H,5-8,18H2,1-4H3,(H,19,24)(H,20,23)(H,21,25)(H,26,27). The van der Waals surface area contributed by atoms with E-state index in [1.807, 2.05) is 13.8 Å². The van der Waals surface area contributed by atoms with Crippen molar-refractivity contribution < 1.29 is 29.4 Å². The van der Waals surface area contributed by atoms with Gasteiger partial charge in [0, 0.05) is 0 Å². The van der Waals surface area contributed by atoms with Crippen LogP contribution in [0.5, 0.6) is 0 Å². The van der Waals surface area contributed by atoms with Gasteiger partial charge in [-0.3, -0.25) is 14.4 Å². The van der Waals surface area contributed by atoms with Crippen molar-refractivity contribution in [2.24, 2.45) is 17.6 Å². The number of rotatable bonds is 12. The molecule has 7 N–H and O–H groups in total. The van der Waals surface area contributed by atoms with Gasteiger partial charge in [0.1, 0.15) is 12.1 Å². The third kappa shape index (κ3) is 10.5. The second-order valence-electron chi connectivity index (χ2n) is 7.29. The molecule has 3 atom stereocenters. The number of carboxylic acids is 1. The fourth-order valence-electron chi connectivity index (χ4n) is 2.32. The molecule has 156 valence electrons. The molecule has 10 nitrogen and oxygen atoms in total. The van der Waals surface area contributed by atoms with Crippen LogP contribution in [-0.2, 0) is 19.2 Å². The number of hydrogen-bond acceptors (Lipinski definition) is 6. The third-order valence-electron chi connectivity index (χ3n) is 3.64. The molecular formula is C17H32N4O6. The van der Waals surface area contributed by atoms with Gasteiger partial charge in [-0.05, 0) is 24.7 Å². The van der Waals surface area contributed by atoms with Gasteiger partial charge in [-0.15, -0.1) is 0 Å². The largest absolute Gasteiger partial charge is 0.480 e. The van der Waals surface area contributed by atoms with E-state index in [1.165, 1.54) is 0 Å². The maximum Gasteiger partial charge on any atom is 0.326 e. The summed E-state index contributed by atoms with van der Waals surface area (Å²) in [5.41, 5.74) is 5.70. The number of nitrogens with two attached hydrogens (primary N) is 1. The Labute approximate surface area is 159 Å². The second-order valence-corrected chi connectivity index (χ2v) is 7.29. The van der Waals surface area contributed by atoms with Crippen LogP contribution in [0.4, 0.5) is 0 Å². The minimum atomic E-state index is -1.33. The molecule has 0 aliphatic heterocycles. The van der Waals surface area contributed by atoms with E-state index in [2.05, 4.69) is 16.0 Å². The number of hydrogen-bond donors (Lipinski definition) is 6. The molecule has 0 saturated heterocycles. The zero-order valence-corrected chi connectivity index (χ0v) is 16.3. The van der Waals surface area contributed by atoms with E-state index in [-0.39, 0.29) is 18.3 Å². The third-order valence-corrected chi connectivity index (χ3v) is 3.64. The number of aliphatic carboxylic acids is 1. The van der Waals surface area contributed by atoms with Crippen LogP contribution in [0.25, 0.3) is 0 Å². The van der Waals surface area contributed by atoms with E-state index in [9.17, 15) is 24.3 Å². The molecule has 0 aromatic carbocycles. The SMILES string of the molecule is CC(C)CC(N)C(=O)NCC(=O)NC(CO)C(=O)NC(CC(C)C)C(=O)O. The van der Waals surface area contributed by atoms with Gasteiger partial charge >= 0.3 is 5.97 Å². The van der Waals surface area contributed by atoms with E-state index in [4.69, 9.17) is 10.8 Å². The summed E-state index contributed by atoms with van der Waals surface area (Å²) in [4.78, 5) is 47.0. The molecule has 0 heterocycles. The molecule has 3 unspecified atom stereocenters. The van der Waals surface area contributed by atoms with Gasteiger partial charge in [-0.1, -0.05) is 27.7 Å². The van der Waals surface area contributed by atoms with Crippen molar-refractivity contribution in [1.29, 1.82) is 0 Å². The number of aliphatic hydroxyl groups excluding tert-OH is 1. The van der Waals surface area contributed by atoms with Crippen LogP contribution >= 0.6 is 0 Å². The predicted molar refractivity (Wildman–Crippen MR) is 98.5 cm³/mol. The smallest absolute Gasteiger partial charge is 0.326 e. The summed E-state index contributed by atoms with van der Waals surface area (Å²) in [6.45, 7) is 6.30. The molecule has 10 heteroatoms. The van der Waals surface area contributed by atoms with Gasteiger partial charge in [-0.25, -0.2) is 4.79 Å². The fraction of sp³-hybridized carbons (Fsp3) is 0.765. The first-order valence-electron chi connectivity index (χ1n) is 8.94. The van der Waals surface area contributed by atoms with Gasteiger partial charge < -0.3 is 31.9 Å². The highest BCUT2D eigenvalue weighted by molar-refractivity contribution is 5.92. The zero-order chi connectivity index (χ0) is 21.1. The van der Waals surface area contributed by atoms with E-state index >= 15 is 0 Å². The highest BCUT2D eigenvalue weighted by Crippen LogP contribution is 2.05. The van der Waals surface area contributed by atoms with Crippen molar-refractivity contribution in [3.8, 4) is 0 Å². The van der Waals surface area contributed by atoms with E-state index in [0.29, 0.717) is 6.42 Å². The fourth-order valence-corrected chi connectivity index (χ4v) is 2.32. The van der Waals surface area contributed by atoms with Crippen molar-refractivity contribution in [3.05, 3.63) is 0 Å². The molecule has 27 heavy (non-hydrogen) atoms. The number of carbonyl (C=O) groups excluding carboxylic acids is 3. The van der Waals surface area contributed by atoms with Crippen molar-refractivity contribution in [1.82, 2.24) is 16.0 Å². The molecule has 0 rings (SSSR count). The topological polar surface area (TPSA) is 171 Å². The summed E-state index contributed by atoms with van der Waals surface area (Å²) < 4.78 is 0. The molecule has 0 aliphatic rings. The minimum absolute atomic E-state index is 0.0267. The summed E-state index contributed by atoms with van der Waals surface area (Å²) in [6.07, 6.45) is 0.665. The summed E-state index contributed by atoms with van der Waals surface area (Å²) in [5, 5.41) is 25.4. The van der Waals surface area contributed by atoms with E-state index in [0.717, 1.165) is 0 Å². The van der Waals surface area contributed by atoms with Crippen LogP contribution in [0, 0.1) is 11.8 Å². The Morgan fingerprint density at radius 2 is 1.44 bits per heavy atom. The lowest BCUT2D eigenvalue weighted by atomic mass is 10.0. The molecule has 0 saturated carbocycles. The van der Waals surface area contributed by atoms with Crippen molar-refractivity contribution >= 4 is 23.7 Å². The van der Waals surface area contributed by atoms with Gasteiger partial charge in [0.15, 0.2) is 0 Å². The summed E-state index contributed by atoms with van der Waals surface area (Å²) >= 11 is 0. The Kier molecular flexibility index (Phi) is 11.2. The van der Waals surface area contributed by atoms with Gasteiger partial charge in [0.05, 0.1) is 19.2 Å². The minimum Gasteiger partial charge on any atom is -0.480 e. The number of nitrogens with one attached hydrogen (secondary N) is 3. The van der Waals surface area contributed by atoms with Crippen molar-refractivity contribution in [3.63, 3.8) is 0 Å². The predicted octanol–water partition coefficient (Wildman–Crippen LogP) is -1.43. The van der Waals surface area contributed by atoms with Crippen LogP contribution in [0.2, 0.25) is 0 Å². The first-order chi connectivity index (χ1) is 12.5. The Morgan fingerprint density at radius 3 is 1.89 bits per heavy atom. The summed E-state index contributed by atoms with van der Waals surface area (Å²) in [7, 11) is 0. The summed E-state index contributed by atoms with van der Waals surface area (Å²) in [6, 6.07) is -3.20. The lowest BCUT2D eigenvalue weighted by molar-refractivity contribution is -0.143. The average molecular weight is 388 g/mol. The molecule has 0 spiro atoms. The molecule has 0 aliphatic carbocycles. The van der Waals surface area contributed by atoms with Crippen LogP contribution in [0.1, 0.15) is 40.5 Å². The van der Waals surface area contributed by atoms with Crippen LogP contribution in [0.3, 0.4) is 0 Å². The van der Waals surface area contributed by atoms with Gasteiger partial charge in [-0.2, -0.15) is 0 Å². The Balaban J connectivity index is 4.59. The van der Waals surface area contributed by atoms with Crippen LogP contribution in [-0.4, -0.2) is 65.2 Å². The second kappa shape index (κ2) is 12.2. The van der Waals surface area contributed by atoms with Crippen LogP contribution in [0.15, 0.2) is 0 Å². The molecule has 0 aromatic heterocycles. The molecule has 0 fully saturated rings. The first-order valence-corrected chi connectivity index (χ1v) is 8.94. The van der Waals surface area contributed by atoms with Crippen molar-refractivity contribution in [2.45, 2.75) is 58.7 Å². The van der Waals surface area contributed by atoms with Gasteiger partial charge in [0.2, 0.25) is 17.7 Å². The van der Waals surface area contributed by atoms with Gasteiger partial charge in [0.25, 0.3) is 0 Å². The van der Waals surface area contributed by atoms with E-state index in [1.54, 1.807) is 13.8 Å². The highest BCUT2D eigenvalue weighted by atomic mass is 16.4. The highest BCUT2D eigenvalue weighted by Gasteiger charge is 2.27. The Bertz CT molecular complexity index is 524. The summed E-state index contributed by atoms with van der Waals surface area (Å²) in [5.74, 6) is -2.97. The molecule has 0 bridgehead atoms. The first kappa shape index (κ1) is 24.8. The monoisotopic (exact) mass is 388 g/mol. The van der Waals surface area contributed by atoms with Crippen LogP contribution < -0.4 is 21.7 Å².